The van der Waals surface area contributed by atoms with Gasteiger partial charge in [0.2, 0.25) is 5.91 Å². The highest BCUT2D eigenvalue weighted by atomic mass is 16.1. The van der Waals surface area contributed by atoms with E-state index in [1.807, 2.05) is 0 Å². The Bertz CT molecular complexity index is 464. The van der Waals surface area contributed by atoms with E-state index in [1.165, 1.54) is 0 Å². The molecule has 20 heavy (non-hydrogen) atoms. The number of rotatable bonds is 5. The van der Waals surface area contributed by atoms with Gasteiger partial charge in [0.1, 0.15) is 11.6 Å². The molecule has 0 radical (unpaired) electrons. The summed E-state index contributed by atoms with van der Waals surface area (Å²) in [7, 11) is 0. The highest BCUT2D eigenvalue weighted by Gasteiger charge is 2.24. The molecule has 1 unspecified atom stereocenters. The minimum atomic E-state index is 0.173. The van der Waals surface area contributed by atoms with Crippen LogP contribution >= 0.6 is 0 Å². The lowest BCUT2D eigenvalue weighted by atomic mass is 10.0. The second kappa shape index (κ2) is 6.37. The zero-order valence-corrected chi connectivity index (χ0v) is 13.0. The molecule has 0 saturated heterocycles. The number of nitrogens with one attached hydrogen (secondary N) is 1. The van der Waals surface area contributed by atoms with Crippen LogP contribution in [-0.4, -0.2) is 26.7 Å². The molecule has 2 heterocycles. The van der Waals surface area contributed by atoms with E-state index in [4.69, 9.17) is 0 Å². The van der Waals surface area contributed by atoms with E-state index in [-0.39, 0.29) is 11.9 Å². The van der Waals surface area contributed by atoms with Crippen LogP contribution in [-0.2, 0) is 17.8 Å². The van der Waals surface area contributed by atoms with Gasteiger partial charge in [0.25, 0.3) is 0 Å². The van der Waals surface area contributed by atoms with Crippen molar-refractivity contribution in [2.24, 2.45) is 5.92 Å². The first-order chi connectivity index (χ1) is 9.47. The normalized spacial score (nSPS) is 18.4. The fourth-order valence-corrected chi connectivity index (χ4v) is 2.61. The van der Waals surface area contributed by atoms with E-state index in [0.717, 1.165) is 37.5 Å². The third-order valence-electron chi connectivity index (χ3n) is 3.81. The summed E-state index contributed by atoms with van der Waals surface area (Å²) in [5.41, 5.74) is 0. The van der Waals surface area contributed by atoms with Crippen LogP contribution in [0.1, 0.15) is 64.5 Å². The average molecular weight is 278 g/mol. The van der Waals surface area contributed by atoms with Crippen LogP contribution in [0.15, 0.2) is 0 Å². The summed E-state index contributed by atoms with van der Waals surface area (Å²) in [6.45, 7) is 9.35. The van der Waals surface area contributed by atoms with E-state index in [0.29, 0.717) is 18.3 Å². The summed E-state index contributed by atoms with van der Waals surface area (Å²) in [6, 6.07) is 0.218. The highest BCUT2D eigenvalue weighted by molar-refractivity contribution is 5.76. The van der Waals surface area contributed by atoms with Gasteiger partial charge in [-0.05, 0) is 18.8 Å². The molecule has 1 aromatic heterocycles. The Hall–Kier alpha value is -1.39. The molecule has 1 amide bonds. The fourth-order valence-electron chi connectivity index (χ4n) is 2.61. The van der Waals surface area contributed by atoms with Crippen molar-refractivity contribution in [3.8, 4) is 0 Å². The van der Waals surface area contributed by atoms with Crippen LogP contribution in [0.3, 0.4) is 0 Å². The van der Waals surface area contributed by atoms with Crippen molar-refractivity contribution >= 4 is 5.91 Å². The summed E-state index contributed by atoms with van der Waals surface area (Å²) >= 11 is 0. The van der Waals surface area contributed by atoms with Gasteiger partial charge in [0.15, 0.2) is 0 Å². The average Bonchev–Trinajstić information content (AvgIpc) is 2.79. The van der Waals surface area contributed by atoms with Crippen molar-refractivity contribution in [3.05, 3.63) is 11.6 Å². The fraction of sp³-hybridized carbons (Fsp3) is 0.800. The van der Waals surface area contributed by atoms with Gasteiger partial charge >= 0.3 is 0 Å². The van der Waals surface area contributed by atoms with Crippen molar-refractivity contribution in [2.75, 3.05) is 0 Å². The lowest BCUT2D eigenvalue weighted by Crippen LogP contribution is -2.41. The summed E-state index contributed by atoms with van der Waals surface area (Å²) in [4.78, 5) is 11.9. The molecule has 112 valence electrons. The molecular formula is C15H26N4O. The quantitative estimate of drug-likeness (QED) is 0.899. The number of hydrogen-bond acceptors (Lipinski definition) is 3. The Morgan fingerprint density at radius 2 is 2.10 bits per heavy atom. The van der Waals surface area contributed by atoms with Crippen molar-refractivity contribution in [1.82, 2.24) is 20.1 Å². The predicted octanol–water partition coefficient (Wildman–Crippen LogP) is 2.27. The first kappa shape index (κ1) is 15.0. The molecule has 0 spiro atoms. The van der Waals surface area contributed by atoms with E-state index in [1.54, 1.807) is 0 Å². The number of amides is 1. The van der Waals surface area contributed by atoms with Gasteiger partial charge in [0.05, 0.1) is 0 Å². The van der Waals surface area contributed by atoms with Crippen molar-refractivity contribution in [2.45, 2.75) is 71.9 Å². The molecule has 5 heteroatoms. The minimum Gasteiger partial charge on any atom is -0.352 e. The smallest absolute Gasteiger partial charge is 0.220 e. The molecule has 0 aliphatic carbocycles. The van der Waals surface area contributed by atoms with Gasteiger partial charge in [0, 0.05) is 31.3 Å². The van der Waals surface area contributed by atoms with Crippen LogP contribution in [0.5, 0.6) is 0 Å². The van der Waals surface area contributed by atoms with E-state index in [9.17, 15) is 4.79 Å². The van der Waals surface area contributed by atoms with Gasteiger partial charge in [-0.15, -0.1) is 10.2 Å². The topological polar surface area (TPSA) is 59.8 Å². The number of fused-ring (bicyclic) bond motifs is 1. The number of carbonyl (C=O) groups excluding carboxylic acids is 1. The maximum atomic E-state index is 11.9. The van der Waals surface area contributed by atoms with E-state index >= 15 is 0 Å². The number of carbonyl (C=O) groups is 1. The Balaban J connectivity index is 1.93. The van der Waals surface area contributed by atoms with Crippen LogP contribution < -0.4 is 5.32 Å². The molecule has 0 saturated carbocycles. The lowest BCUT2D eigenvalue weighted by Gasteiger charge is -2.26. The van der Waals surface area contributed by atoms with Crippen LogP contribution in [0.4, 0.5) is 0 Å². The van der Waals surface area contributed by atoms with E-state index in [2.05, 4.69) is 47.8 Å². The lowest BCUT2D eigenvalue weighted by molar-refractivity contribution is -0.122. The van der Waals surface area contributed by atoms with Crippen molar-refractivity contribution in [3.63, 3.8) is 0 Å². The standard InChI is InChI=1S/C15H26N4O/c1-10(2)5-8-14(20)16-12-6-7-13-17-18-15(11(3)4)19(13)9-12/h10-12H,5-9H2,1-4H3,(H,16,20). The van der Waals surface area contributed by atoms with Crippen LogP contribution in [0.25, 0.3) is 0 Å². The largest absolute Gasteiger partial charge is 0.352 e. The highest BCUT2D eigenvalue weighted by Crippen LogP contribution is 2.20. The molecule has 1 aliphatic rings. The second-order valence-corrected chi connectivity index (χ2v) is 6.48. The van der Waals surface area contributed by atoms with Crippen LogP contribution in [0.2, 0.25) is 0 Å². The van der Waals surface area contributed by atoms with E-state index < -0.39 is 0 Å². The Morgan fingerprint density at radius 1 is 1.35 bits per heavy atom. The Kier molecular flexibility index (Phi) is 4.78. The third kappa shape index (κ3) is 3.58. The molecule has 1 aliphatic heterocycles. The molecule has 0 fully saturated rings. The van der Waals surface area contributed by atoms with Crippen molar-refractivity contribution < 1.29 is 4.79 Å². The van der Waals surface area contributed by atoms with Crippen LogP contribution in [0, 0.1) is 5.92 Å². The van der Waals surface area contributed by atoms with Gasteiger partial charge in [-0.1, -0.05) is 27.7 Å². The number of nitrogens with zero attached hydrogens (tertiary/aromatic N) is 3. The minimum absolute atomic E-state index is 0.173. The Morgan fingerprint density at radius 3 is 2.75 bits per heavy atom. The van der Waals surface area contributed by atoms with Gasteiger partial charge in [-0.25, -0.2) is 0 Å². The molecule has 1 aromatic rings. The summed E-state index contributed by atoms with van der Waals surface area (Å²) in [5, 5.41) is 11.7. The summed E-state index contributed by atoms with van der Waals surface area (Å²) in [6.07, 6.45) is 3.44. The zero-order valence-electron chi connectivity index (χ0n) is 13.0. The van der Waals surface area contributed by atoms with Crippen molar-refractivity contribution in [1.29, 1.82) is 0 Å². The molecule has 5 nitrogen and oxygen atoms in total. The van der Waals surface area contributed by atoms with Gasteiger partial charge < -0.3 is 9.88 Å². The molecule has 1 atom stereocenters. The maximum Gasteiger partial charge on any atom is 0.220 e. The first-order valence-corrected chi connectivity index (χ1v) is 7.68. The Labute approximate surface area is 121 Å². The number of hydrogen-bond donors (Lipinski definition) is 1. The molecule has 2 rings (SSSR count). The van der Waals surface area contributed by atoms with Gasteiger partial charge in [-0.2, -0.15) is 0 Å². The molecule has 0 aromatic carbocycles. The molecular weight excluding hydrogens is 252 g/mol. The first-order valence-electron chi connectivity index (χ1n) is 7.68. The predicted molar refractivity (Wildman–Crippen MR) is 78.4 cm³/mol. The maximum absolute atomic E-state index is 11.9. The monoisotopic (exact) mass is 278 g/mol. The zero-order chi connectivity index (χ0) is 14.7. The number of aryl methyl sites for hydroxylation is 1. The third-order valence-corrected chi connectivity index (χ3v) is 3.81. The molecule has 0 bridgehead atoms. The summed E-state index contributed by atoms with van der Waals surface area (Å²) in [5.74, 6) is 3.20. The second-order valence-electron chi connectivity index (χ2n) is 6.48. The SMILES string of the molecule is CC(C)CCC(=O)NC1CCc2nnc(C(C)C)n2C1. The molecule has 1 N–H and O–H groups in total. The van der Waals surface area contributed by atoms with Gasteiger partial charge in [-0.3, -0.25) is 4.79 Å². The number of aromatic nitrogens is 3. The summed E-state index contributed by atoms with van der Waals surface area (Å²) < 4.78 is 2.18.